The van der Waals surface area contributed by atoms with Crippen LogP contribution < -0.4 is 14.8 Å². The number of carbonyl (C=O) groups excluding carboxylic acids is 1. The van der Waals surface area contributed by atoms with Crippen LogP contribution in [0.4, 0.5) is 5.69 Å². The lowest BCUT2D eigenvalue weighted by Crippen LogP contribution is -2.33. The Kier molecular flexibility index (Phi) is 6.02. The zero-order valence-electron chi connectivity index (χ0n) is 16.6. The highest BCUT2D eigenvalue weighted by molar-refractivity contribution is 6.04. The number of nitrogens with one attached hydrogen (secondary N) is 1. The van der Waals surface area contributed by atoms with Gasteiger partial charge in [-0.25, -0.2) is 0 Å². The van der Waals surface area contributed by atoms with Crippen LogP contribution in [0.5, 0.6) is 11.5 Å². The second kappa shape index (κ2) is 9.02. The Morgan fingerprint density at radius 1 is 1.14 bits per heavy atom. The van der Waals surface area contributed by atoms with E-state index < -0.39 is 0 Å². The van der Waals surface area contributed by atoms with Crippen molar-refractivity contribution in [1.82, 2.24) is 0 Å². The Balaban J connectivity index is 1.38. The molecule has 1 unspecified atom stereocenters. The first-order valence-electron chi connectivity index (χ1n) is 10.1. The number of fused-ring (bicyclic) bond motifs is 1. The lowest BCUT2D eigenvalue weighted by molar-refractivity contribution is 0.0272. The van der Waals surface area contributed by atoms with Crippen molar-refractivity contribution in [3.8, 4) is 23.3 Å². The Bertz CT molecular complexity index is 920. The Morgan fingerprint density at radius 3 is 2.69 bits per heavy atom. The molecule has 5 nitrogen and oxygen atoms in total. The Labute approximate surface area is 171 Å². The molecule has 150 valence electrons. The number of anilines is 1. The smallest absolute Gasteiger partial charge is 0.255 e. The van der Waals surface area contributed by atoms with Gasteiger partial charge in [0.2, 0.25) is 0 Å². The van der Waals surface area contributed by atoms with Crippen molar-refractivity contribution in [3.63, 3.8) is 0 Å². The van der Waals surface area contributed by atoms with Crippen LogP contribution in [-0.4, -0.2) is 32.3 Å². The number of methoxy groups -OCH3 is 1. The average Bonchev–Trinajstić information content (AvgIpc) is 3.27. The van der Waals surface area contributed by atoms with Crippen LogP contribution >= 0.6 is 0 Å². The SMILES string of the molecule is COCC1COc2cc(NC(=O)c3ccc(C#CC4CCCC4)cc3)ccc2O1. The van der Waals surface area contributed by atoms with Gasteiger partial charge in [0.25, 0.3) is 5.91 Å². The highest BCUT2D eigenvalue weighted by Gasteiger charge is 2.21. The van der Waals surface area contributed by atoms with Gasteiger partial charge in [0.05, 0.1) is 6.61 Å². The molecule has 2 aliphatic rings. The van der Waals surface area contributed by atoms with E-state index >= 15 is 0 Å². The maximum atomic E-state index is 12.6. The zero-order chi connectivity index (χ0) is 20.1. The number of ether oxygens (including phenoxy) is 3. The Morgan fingerprint density at radius 2 is 1.93 bits per heavy atom. The molecule has 1 amide bonds. The standard InChI is InChI=1S/C24H25NO4/c1-27-15-21-16-28-23-14-20(12-13-22(23)29-21)25-24(26)19-10-8-18(9-11-19)7-6-17-4-2-3-5-17/h8-14,17,21H,2-5,15-16H2,1H3,(H,25,26). The van der Waals surface area contributed by atoms with Crippen LogP contribution in [0.2, 0.25) is 0 Å². The summed E-state index contributed by atoms with van der Waals surface area (Å²) in [5, 5.41) is 2.91. The first-order valence-corrected chi connectivity index (χ1v) is 10.1. The monoisotopic (exact) mass is 391 g/mol. The quantitative estimate of drug-likeness (QED) is 0.791. The molecule has 0 bridgehead atoms. The second-order valence-electron chi connectivity index (χ2n) is 7.45. The minimum Gasteiger partial charge on any atom is -0.486 e. The highest BCUT2D eigenvalue weighted by atomic mass is 16.6. The van der Waals surface area contributed by atoms with E-state index in [1.165, 1.54) is 25.7 Å². The van der Waals surface area contributed by atoms with E-state index in [1.54, 1.807) is 37.4 Å². The van der Waals surface area contributed by atoms with Crippen molar-refractivity contribution in [2.45, 2.75) is 31.8 Å². The molecule has 4 rings (SSSR count). The normalized spacial score (nSPS) is 18.0. The van der Waals surface area contributed by atoms with Gasteiger partial charge in [-0.1, -0.05) is 24.7 Å². The molecule has 0 saturated heterocycles. The van der Waals surface area contributed by atoms with Crippen molar-refractivity contribution < 1.29 is 19.0 Å². The van der Waals surface area contributed by atoms with Gasteiger partial charge in [-0.3, -0.25) is 4.79 Å². The van der Waals surface area contributed by atoms with E-state index in [2.05, 4.69) is 17.2 Å². The molecule has 1 fully saturated rings. The largest absolute Gasteiger partial charge is 0.486 e. The summed E-state index contributed by atoms with van der Waals surface area (Å²) in [6.07, 6.45) is 4.85. The van der Waals surface area contributed by atoms with Gasteiger partial charge in [-0.05, 0) is 49.2 Å². The second-order valence-corrected chi connectivity index (χ2v) is 7.45. The van der Waals surface area contributed by atoms with Crippen LogP contribution in [0.3, 0.4) is 0 Å². The third-order valence-electron chi connectivity index (χ3n) is 5.20. The first kappa shape index (κ1) is 19.4. The third kappa shape index (κ3) is 4.90. The number of amides is 1. The Hall–Kier alpha value is -2.97. The summed E-state index contributed by atoms with van der Waals surface area (Å²) in [5.41, 5.74) is 2.19. The summed E-state index contributed by atoms with van der Waals surface area (Å²) in [4.78, 5) is 12.6. The van der Waals surface area contributed by atoms with Gasteiger partial charge in [-0.15, -0.1) is 0 Å². The number of hydrogen-bond donors (Lipinski definition) is 1. The molecule has 0 spiro atoms. The molecule has 0 radical (unpaired) electrons. The van der Waals surface area contributed by atoms with Gasteiger partial charge in [0, 0.05) is 35.9 Å². The van der Waals surface area contributed by atoms with Crippen LogP contribution in [0.1, 0.15) is 41.6 Å². The molecular weight excluding hydrogens is 366 g/mol. The highest BCUT2D eigenvalue weighted by Crippen LogP contribution is 2.34. The molecule has 5 heteroatoms. The van der Waals surface area contributed by atoms with Gasteiger partial charge in [0.1, 0.15) is 6.61 Å². The van der Waals surface area contributed by atoms with Crippen LogP contribution in [0, 0.1) is 17.8 Å². The number of carbonyl (C=O) groups is 1. The van der Waals surface area contributed by atoms with Crippen molar-refractivity contribution >= 4 is 11.6 Å². The summed E-state index contributed by atoms with van der Waals surface area (Å²) in [6, 6.07) is 12.8. The molecule has 29 heavy (non-hydrogen) atoms. The summed E-state index contributed by atoms with van der Waals surface area (Å²) in [7, 11) is 1.63. The van der Waals surface area contributed by atoms with Crippen LogP contribution in [0.15, 0.2) is 42.5 Å². The van der Waals surface area contributed by atoms with E-state index in [0.717, 1.165) is 5.56 Å². The van der Waals surface area contributed by atoms with Crippen LogP contribution in [0.25, 0.3) is 0 Å². The van der Waals surface area contributed by atoms with Gasteiger partial charge < -0.3 is 19.5 Å². The summed E-state index contributed by atoms with van der Waals surface area (Å²) >= 11 is 0. The van der Waals surface area contributed by atoms with Crippen LogP contribution in [-0.2, 0) is 4.74 Å². The van der Waals surface area contributed by atoms with Crippen molar-refractivity contribution in [2.75, 3.05) is 25.6 Å². The summed E-state index contributed by atoms with van der Waals surface area (Å²) in [6.45, 7) is 0.889. The molecule has 1 aliphatic heterocycles. The predicted molar refractivity (Wildman–Crippen MR) is 111 cm³/mol. The summed E-state index contributed by atoms with van der Waals surface area (Å²) < 4.78 is 16.6. The maximum absolute atomic E-state index is 12.6. The number of hydrogen-bond acceptors (Lipinski definition) is 4. The van der Waals surface area contributed by atoms with E-state index in [1.807, 2.05) is 12.1 Å². The van der Waals surface area contributed by atoms with Gasteiger partial charge >= 0.3 is 0 Å². The lowest BCUT2D eigenvalue weighted by Gasteiger charge is -2.26. The molecule has 1 N–H and O–H groups in total. The zero-order valence-corrected chi connectivity index (χ0v) is 16.6. The number of rotatable bonds is 4. The van der Waals surface area contributed by atoms with Gasteiger partial charge in [-0.2, -0.15) is 0 Å². The maximum Gasteiger partial charge on any atom is 0.255 e. The van der Waals surface area contributed by atoms with E-state index in [4.69, 9.17) is 14.2 Å². The predicted octanol–water partition coefficient (Wildman–Crippen LogP) is 4.27. The van der Waals surface area contributed by atoms with Crippen molar-refractivity contribution in [1.29, 1.82) is 0 Å². The number of benzene rings is 2. The first-order chi connectivity index (χ1) is 14.2. The minimum atomic E-state index is -0.172. The van der Waals surface area contributed by atoms with E-state index in [0.29, 0.717) is 41.9 Å². The fourth-order valence-electron chi connectivity index (χ4n) is 3.62. The van der Waals surface area contributed by atoms with E-state index in [9.17, 15) is 4.79 Å². The molecular formula is C24H25NO4. The molecule has 2 aromatic carbocycles. The third-order valence-corrected chi connectivity index (χ3v) is 5.20. The van der Waals surface area contributed by atoms with Gasteiger partial charge in [0.15, 0.2) is 17.6 Å². The molecule has 0 aromatic heterocycles. The average molecular weight is 391 g/mol. The molecule has 1 saturated carbocycles. The molecule has 1 aliphatic carbocycles. The van der Waals surface area contributed by atoms with E-state index in [-0.39, 0.29) is 12.0 Å². The summed E-state index contributed by atoms with van der Waals surface area (Å²) in [5.74, 6) is 8.20. The topological polar surface area (TPSA) is 56.8 Å². The van der Waals surface area contributed by atoms with Crippen molar-refractivity contribution in [2.24, 2.45) is 5.92 Å². The molecule has 1 atom stereocenters. The molecule has 1 heterocycles. The van der Waals surface area contributed by atoms with Crippen molar-refractivity contribution in [3.05, 3.63) is 53.6 Å². The fraction of sp³-hybridized carbons (Fsp3) is 0.375. The minimum absolute atomic E-state index is 0.122. The molecule has 2 aromatic rings. The fourth-order valence-corrected chi connectivity index (χ4v) is 3.62. The lowest BCUT2D eigenvalue weighted by atomic mass is 10.1.